The zero-order chi connectivity index (χ0) is 20.4. The van der Waals surface area contributed by atoms with Gasteiger partial charge in [0.05, 0.1) is 16.3 Å². The first kappa shape index (κ1) is 19.8. The summed E-state index contributed by atoms with van der Waals surface area (Å²) < 4.78 is 0. The lowest BCUT2D eigenvalue weighted by atomic mass is 10.1. The molecule has 1 aromatic heterocycles. The zero-order valence-corrected chi connectivity index (χ0v) is 18.1. The Hall–Kier alpha value is -2.53. The molecule has 4 nitrogen and oxygen atoms in total. The van der Waals surface area contributed by atoms with Crippen molar-refractivity contribution < 1.29 is 4.79 Å². The van der Waals surface area contributed by atoms with Crippen LogP contribution in [0.2, 0.25) is 0 Å². The summed E-state index contributed by atoms with van der Waals surface area (Å²) in [7, 11) is 0. The summed E-state index contributed by atoms with van der Waals surface area (Å²) in [5.41, 5.74) is 6.13. The number of anilines is 1. The summed E-state index contributed by atoms with van der Waals surface area (Å²) in [6, 6.07) is 16.7. The highest BCUT2D eigenvalue weighted by Crippen LogP contribution is 2.26. The van der Waals surface area contributed by atoms with Gasteiger partial charge < -0.3 is 9.80 Å². The van der Waals surface area contributed by atoms with Crippen molar-refractivity contribution in [3.8, 4) is 0 Å². The molecule has 2 heterocycles. The van der Waals surface area contributed by atoms with E-state index in [4.69, 9.17) is 4.98 Å². The molecule has 4 rings (SSSR count). The lowest BCUT2D eigenvalue weighted by Gasteiger charge is -2.37. The van der Waals surface area contributed by atoms with Gasteiger partial charge in [-0.1, -0.05) is 42.1 Å². The van der Waals surface area contributed by atoms with E-state index < -0.39 is 0 Å². The molecule has 29 heavy (non-hydrogen) atoms. The SMILES string of the molecule is Cc1cccc(N2CCN(C(=O)CSc3cc(C)c4ccccc4n3)CC2)c1C. The molecule has 0 saturated carbocycles. The number of hydrogen-bond donors (Lipinski definition) is 0. The normalized spacial score (nSPS) is 14.4. The van der Waals surface area contributed by atoms with Crippen LogP contribution in [-0.4, -0.2) is 47.7 Å². The Balaban J connectivity index is 1.35. The molecule has 1 aliphatic rings. The third-order valence-electron chi connectivity index (χ3n) is 5.79. The van der Waals surface area contributed by atoms with Crippen molar-refractivity contribution in [2.45, 2.75) is 25.8 Å². The molecule has 150 valence electrons. The number of para-hydroxylation sites is 1. The van der Waals surface area contributed by atoms with E-state index in [1.54, 1.807) is 0 Å². The molecule has 2 aromatic carbocycles. The lowest BCUT2D eigenvalue weighted by Crippen LogP contribution is -2.49. The van der Waals surface area contributed by atoms with Crippen LogP contribution in [0, 0.1) is 20.8 Å². The highest BCUT2D eigenvalue weighted by molar-refractivity contribution is 7.99. The summed E-state index contributed by atoms with van der Waals surface area (Å²) >= 11 is 1.54. The second kappa shape index (κ2) is 8.46. The van der Waals surface area contributed by atoms with Crippen LogP contribution in [-0.2, 0) is 4.79 Å². The van der Waals surface area contributed by atoms with Crippen molar-refractivity contribution in [3.63, 3.8) is 0 Å². The van der Waals surface area contributed by atoms with Gasteiger partial charge in [0, 0.05) is 37.3 Å². The van der Waals surface area contributed by atoms with Crippen LogP contribution in [0.25, 0.3) is 10.9 Å². The third kappa shape index (κ3) is 4.25. The fraction of sp³-hybridized carbons (Fsp3) is 0.333. The van der Waals surface area contributed by atoms with Gasteiger partial charge in [0.25, 0.3) is 0 Å². The van der Waals surface area contributed by atoms with Crippen molar-refractivity contribution in [3.05, 3.63) is 65.2 Å². The molecular formula is C24H27N3OS. The molecule has 0 aliphatic carbocycles. The lowest BCUT2D eigenvalue weighted by molar-refractivity contribution is -0.128. The molecule has 0 N–H and O–H groups in total. The number of carbonyl (C=O) groups is 1. The molecule has 5 heteroatoms. The van der Waals surface area contributed by atoms with E-state index in [1.165, 1.54) is 39.5 Å². The average molecular weight is 406 g/mol. The molecule has 0 unspecified atom stereocenters. The molecule has 0 spiro atoms. The van der Waals surface area contributed by atoms with Gasteiger partial charge in [-0.25, -0.2) is 4.98 Å². The van der Waals surface area contributed by atoms with Gasteiger partial charge in [-0.05, 0) is 55.7 Å². The topological polar surface area (TPSA) is 36.4 Å². The smallest absolute Gasteiger partial charge is 0.233 e. The molecule has 3 aromatic rings. The van der Waals surface area contributed by atoms with Gasteiger partial charge in [0.1, 0.15) is 0 Å². The van der Waals surface area contributed by atoms with Crippen molar-refractivity contribution in [1.29, 1.82) is 0 Å². The van der Waals surface area contributed by atoms with Crippen LogP contribution in [0.1, 0.15) is 16.7 Å². The first-order chi connectivity index (χ1) is 14.0. The summed E-state index contributed by atoms with van der Waals surface area (Å²) in [6.07, 6.45) is 0. The summed E-state index contributed by atoms with van der Waals surface area (Å²) in [5, 5.41) is 2.09. The number of aryl methyl sites for hydroxylation is 2. The number of benzene rings is 2. The third-order valence-corrected chi connectivity index (χ3v) is 6.69. The fourth-order valence-electron chi connectivity index (χ4n) is 3.89. The number of piperazine rings is 1. The Bertz CT molecular complexity index is 1040. The quantitative estimate of drug-likeness (QED) is 0.595. The largest absolute Gasteiger partial charge is 0.368 e. The van der Waals surface area contributed by atoms with Gasteiger partial charge in [-0.3, -0.25) is 4.79 Å². The number of fused-ring (bicyclic) bond motifs is 1. The van der Waals surface area contributed by atoms with E-state index in [1.807, 2.05) is 23.1 Å². The molecule has 0 radical (unpaired) electrons. The molecular weight excluding hydrogens is 378 g/mol. The van der Waals surface area contributed by atoms with Crippen LogP contribution in [0.4, 0.5) is 5.69 Å². The van der Waals surface area contributed by atoms with Crippen molar-refractivity contribution in [2.24, 2.45) is 0 Å². The van der Waals surface area contributed by atoms with Gasteiger partial charge in [-0.2, -0.15) is 0 Å². The van der Waals surface area contributed by atoms with Crippen molar-refractivity contribution >= 4 is 34.3 Å². The predicted molar refractivity (Wildman–Crippen MR) is 122 cm³/mol. The van der Waals surface area contributed by atoms with E-state index in [0.717, 1.165) is 36.7 Å². The van der Waals surface area contributed by atoms with E-state index in [0.29, 0.717) is 5.75 Å². The number of carbonyl (C=O) groups excluding carboxylic acids is 1. The maximum atomic E-state index is 12.7. The monoisotopic (exact) mass is 405 g/mol. The Morgan fingerprint density at radius 2 is 1.72 bits per heavy atom. The number of pyridine rings is 1. The first-order valence-corrected chi connectivity index (χ1v) is 11.1. The van der Waals surface area contributed by atoms with E-state index in [2.05, 4.69) is 56.0 Å². The van der Waals surface area contributed by atoms with E-state index in [9.17, 15) is 4.79 Å². The zero-order valence-electron chi connectivity index (χ0n) is 17.3. The van der Waals surface area contributed by atoms with Crippen LogP contribution in [0.15, 0.2) is 53.6 Å². The molecule has 1 aliphatic heterocycles. The number of rotatable bonds is 4. The highest BCUT2D eigenvalue weighted by atomic mass is 32.2. The molecule has 0 bridgehead atoms. The van der Waals surface area contributed by atoms with Crippen LogP contribution < -0.4 is 4.90 Å². The van der Waals surface area contributed by atoms with Gasteiger partial charge in [-0.15, -0.1) is 0 Å². The number of aromatic nitrogens is 1. The predicted octanol–water partition coefficient (Wildman–Crippen LogP) is 4.60. The highest BCUT2D eigenvalue weighted by Gasteiger charge is 2.22. The minimum Gasteiger partial charge on any atom is -0.368 e. The number of thioether (sulfide) groups is 1. The molecule has 1 saturated heterocycles. The van der Waals surface area contributed by atoms with Crippen LogP contribution in [0.5, 0.6) is 0 Å². The standard InChI is InChI=1S/C24H27N3OS/c1-17-7-6-10-22(19(17)3)26-11-13-27(14-12-26)24(28)16-29-23-15-18(2)20-8-4-5-9-21(20)25-23/h4-10,15H,11-14,16H2,1-3H3. The van der Waals surface area contributed by atoms with Crippen LogP contribution in [0.3, 0.4) is 0 Å². The maximum absolute atomic E-state index is 12.7. The number of amides is 1. The van der Waals surface area contributed by atoms with Gasteiger partial charge in [0.15, 0.2) is 0 Å². The number of hydrogen-bond acceptors (Lipinski definition) is 4. The van der Waals surface area contributed by atoms with Crippen molar-refractivity contribution in [1.82, 2.24) is 9.88 Å². The van der Waals surface area contributed by atoms with Crippen molar-refractivity contribution in [2.75, 3.05) is 36.8 Å². The Morgan fingerprint density at radius 3 is 2.52 bits per heavy atom. The average Bonchev–Trinajstić information content (AvgIpc) is 2.74. The fourth-order valence-corrected chi connectivity index (χ4v) is 4.77. The minimum absolute atomic E-state index is 0.197. The molecule has 1 fully saturated rings. The Morgan fingerprint density at radius 1 is 0.966 bits per heavy atom. The van der Waals surface area contributed by atoms with E-state index >= 15 is 0 Å². The Kier molecular flexibility index (Phi) is 5.76. The van der Waals surface area contributed by atoms with E-state index in [-0.39, 0.29) is 5.91 Å². The van der Waals surface area contributed by atoms with Gasteiger partial charge in [0.2, 0.25) is 5.91 Å². The summed E-state index contributed by atoms with van der Waals surface area (Å²) in [6.45, 7) is 9.74. The van der Waals surface area contributed by atoms with Gasteiger partial charge >= 0.3 is 0 Å². The molecule has 1 amide bonds. The summed E-state index contributed by atoms with van der Waals surface area (Å²) in [4.78, 5) is 21.8. The second-order valence-corrected chi connectivity index (χ2v) is 8.67. The molecule has 0 atom stereocenters. The first-order valence-electron chi connectivity index (χ1n) is 10.1. The maximum Gasteiger partial charge on any atom is 0.233 e. The summed E-state index contributed by atoms with van der Waals surface area (Å²) in [5.74, 6) is 0.636. The van der Waals surface area contributed by atoms with Crippen LogP contribution >= 0.6 is 11.8 Å². The number of nitrogens with zero attached hydrogens (tertiary/aromatic N) is 3. The Labute approximate surface area is 176 Å². The second-order valence-electron chi connectivity index (χ2n) is 7.67. The minimum atomic E-state index is 0.197.